The second-order valence-corrected chi connectivity index (χ2v) is 7.73. The van der Waals surface area contributed by atoms with Gasteiger partial charge in [-0.25, -0.2) is 25.6 Å². The fourth-order valence-electron chi connectivity index (χ4n) is 1.01. The number of hydrazone groups is 1. The Morgan fingerprint density at radius 1 is 1.35 bits per heavy atom. The van der Waals surface area contributed by atoms with Crippen LogP contribution < -0.4 is 5.43 Å². The number of hydrogen-bond acceptors (Lipinski definition) is 6. The van der Waals surface area contributed by atoms with E-state index in [4.69, 9.17) is 0 Å². The molecule has 0 radical (unpaired) electrons. The molecule has 0 aliphatic carbocycles. The summed E-state index contributed by atoms with van der Waals surface area (Å²) in [6.45, 7) is 7.54. The van der Waals surface area contributed by atoms with Gasteiger partial charge in [0.1, 0.15) is 6.04 Å². The first-order chi connectivity index (χ1) is 9.09. The maximum atomic E-state index is 12.1. The molecule has 20 heavy (non-hydrogen) atoms. The third kappa shape index (κ3) is 5.78. The molecule has 0 amide bonds. The Morgan fingerprint density at radius 2 is 1.85 bits per heavy atom. The van der Waals surface area contributed by atoms with Crippen LogP contribution in [0, 0.1) is 0 Å². The molecule has 0 saturated heterocycles. The summed E-state index contributed by atoms with van der Waals surface area (Å²) < 4.78 is 66.7. The van der Waals surface area contributed by atoms with Crippen molar-refractivity contribution in [3.8, 4) is 0 Å². The average molecular weight is 330 g/mol. The second-order valence-electron chi connectivity index (χ2n) is 3.61. The van der Waals surface area contributed by atoms with Crippen molar-refractivity contribution in [3.63, 3.8) is 0 Å². The van der Waals surface area contributed by atoms with Crippen LogP contribution in [-0.4, -0.2) is 40.1 Å². The number of nitrogens with one attached hydrogen (secondary N) is 1. The van der Waals surface area contributed by atoms with Crippen molar-refractivity contribution in [1.82, 2.24) is 5.43 Å². The minimum absolute atomic E-state index is 0.108. The topological polar surface area (TPSA) is 92.7 Å². The molecule has 1 aliphatic rings. The van der Waals surface area contributed by atoms with Gasteiger partial charge < -0.3 is 0 Å². The summed E-state index contributed by atoms with van der Waals surface area (Å²) in [6, 6.07) is -1.16. The van der Waals surface area contributed by atoms with E-state index in [0.29, 0.717) is 0 Å². The molecule has 0 aromatic carbocycles. The van der Waals surface area contributed by atoms with Gasteiger partial charge in [-0.1, -0.05) is 20.1 Å². The van der Waals surface area contributed by atoms with Gasteiger partial charge >= 0.3 is 0 Å². The lowest BCUT2D eigenvalue weighted by Crippen LogP contribution is -2.28. The second kappa shape index (κ2) is 7.48. The largest absolute Gasteiger partial charge is 0.300 e. The third-order valence-corrected chi connectivity index (χ3v) is 4.92. The van der Waals surface area contributed by atoms with Crippen molar-refractivity contribution >= 4 is 24.7 Å². The Balaban J connectivity index is 0.000000441. The van der Waals surface area contributed by atoms with Crippen molar-refractivity contribution in [2.24, 2.45) is 5.10 Å². The molecule has 0 aromatic heterocycles. The van der Waals surface area contributed by atoms with Crippen LogP contribution in [0.2, 0.25) is 0 Å². The van der Waals surface area contributed by atoms with Gasteiger partial charge in [0.15, 0.2) is 24.7 Å². The van der Waals surface area contributed by atoms with E-state index in [1.54, 1.807) is 0 Å². The van der Waals surface area contributed by atoms with Crippen LogP contribution in [0.15, 0.2) is 29.1 Å². The molecule has 0 bridgehead atoms. The normalized spacial score (nSPS) is 18.6. The van der Waals surface area contributed by atoms with E-state index in [1.165, 1.54) is 6.92 Å². The Bertz CT molecular complexity index is 568. The van der Waals surface area contributed by atoms with E-state index in [2.05, 4.69) is 23.7 Å². The van der Waals surface area contributed by atoms with E-state index in [-0.39, 0.29) is 17.2 Å². The summed E-state index contributed by atoms with van der Waals surface area (Å²) in [5.41, 5.74) is 2.11. The molecule has 116 valence electrons. The molecule has 10 heteroatoms. The molecule has 0 fully saturated rings. The summed E-state index contributed by atoms with van der Waals surface area (Å²) in [5.74, 6) is -0.108. The summed E-state index contributed by atoms with van der Waals surface area (Å²) >= 11 is 0. The number of rotatable bonds is 4. The van der Waals surface area contributed by atoms with Gasteiger partial charge in [-0.05, 0) is 0 Å². The molecule has 1 rings (SSSR count). The van der Waals surface area contributed by atoms with Crippen molar-refractivity contribution < 1.29 is 25.6 Å². The standard InChI is InChI=1S/C6H10F2N2O2S.C4H6O2S/c1-2-13(11,12)5-3-4(6(7)8)9-10-5;1-3-7(5,6)4-2/h4,6,9H,2-3H2,1H3;3-4H,1-2H2. The Labute approximate surface area is 117 Å². The highest BCUT2D eigenvalue weighted by Crippen LogP contribution is 2.15. The molecule has 1 heterocycles. The molecule has 1 aliphatic heterocycles. The molecule has 6 nitrogen and oxygen atoms in total. The van der Waals surface area contributed by atoms with Gasteiger partial charge in [0.2, 0.25) is 0 Å². The van der Waals surface area contributed by atoms with Crippen LogP contribution in [0.25, 0.3) is 0 Å². The average Bonchev–Trinajstić information content (AvgIpc) is 2.90. The first-order valence-corrected chi connectivity index (χ1v) is 8.68. The minimum Gasteiger partial charge on any atom is -0.300 e. The number of nitrogens with zero attached hydrogens (tertiary/aromatic N) is 1. The number of sulfone groups is 2. The maximum Gasteiger partial charge on any atom is 0.260 e. The van der Waals surface area contributed by atoms with Crippen LogP contribution in [0.4, 0.5) is 8.78 Å². The zero-order chi connectivity index (χ0) is 16.0. The molecular formula is C10H16F2N2O4S2. The van der Waals surface area contributed by atoms with Crippen molar-refractivity contribution in [3.05, 3.63) is 24.0 Å². The summed E-state index contributed by atoms with van der Waals surface area (Å²) in [4.78, 5) is 0. The van der Waals surface area contributed by atoms with E-state index in [0.717, 1.165) is 10.8 Å². The van der Waals surface area contributed by atoms with Crippen molar-refractivity contribution in [2.45, 2.75) is 25.8 Å². The molecular weight excluding hydrogens is 314 g/mol. The monoisotopic (exact) mass is 330 g/mol. The van der Waals surface area contributed by atoms with E-state index < -0.39 is 32.1 Å². The van der Waals surface area contributed by atoms with Gasteiger partial charge in [0.05, 0.1) is 5.75 Å². The third-order valence-electron chi connectivity index (χ3n) is 2.26. The summed E-state index contributed by atoms with van der Waals surface area (Å²) in [5, 5.41) is 4.91. The molecule has 0 saturated carbocycles. The quantitative estimate of drug-likeness (QED) is 0.832. The molecule has 0 spiro atoms. The highest BCUT2D eigenvalue weighted by molar-refractivity contribution is 8.06. The van der Waals surface area contributed by atoms with Crippen LogP contribution in [-0.2, 0) is 19.7 Å². The predicted molar refractivity (Wildman–Crippen MR) is 73.8 cm³/mol. The highest BCUT2D eigenvalue weighted by Gasteiger charge is 2.32. The van der Waals surface area contributed by atoms with Crippen molar-refractivity contribution in [1.29, 1.82) is 0 Å². The molecule has 1 atom stereocenters. The fraction of sp³-hybridized carbons (Fsp3) is 0.500. The van der Waals surface area contributed by atoms with Gasteiger partial charge in [-0.2, -0.15) is 5.10 Å². The van der Waals surface area contributed by atoms with Crippen molar-refractivity contribution in [2.75, 3.05) is 5.75 Å². The smallest absolute Gasteiger partial charge is 0.260 e. The van der Waals surface area contributed by atoms with Gasteiger partial charge in [0, 0.05) is 17.2 Å². The van der Waals surface area contributed by atoms with Gasteiger partial charge in [-0.15, -0.1) is 0 Å². The van der Waals surface area contributed by atoms with E-state index in [1.807, 2.05) is 0 Å². The number of alkyl halides is 2. The number of halogens is 2. The minimum atomic E-state index is -3.41. The first kappa shape index (κ1) is 18.7. The van der Waals surface area contributed by atoms with E-state index >= 15 is 0 Å². The highest BCUT2D eigenvalue weighted by atomic mass is 32.2. The van der Waals surface area contributed by atoms with Gasteiger partial charge in [-0.3, -0.25) is 5.43 Å². The summed E-state index contributed by atoms with van der Waals surface area (Å²) in [6.07, 6.45) is -2.80. The van der Waals surface area contributed by atoms with Crippen LogP contribution in [0.3, 0.4) is 0 Å². The van der Waals surface area contributed by atoms with Crippen LogP contribution in [0.1, 0.15) is 13.3 Å². The van der Waals surface area contributed by atoms with E-state index in [9.17, 15) is 25.6 Å². The Kier molecular flexibility index (Phi) is 7.00. The predicted octanol–water partition coefficient (Wildman–Crippen LogP) is 1.05. The Hall–Kier alpha value is -1.29. The molecule has 0 aromatic rings. The zero-order valence-electron chi connectivity index (χ0n) is 10.8. The van der Waals surface area contributed by atoms with Crippen LogP contribution in [0.5, 0.6) is 0 Å². The van der Waals surface area contributed by atoms with Crippen LogP contribution >= 0.6 is 0 Å². The maximum absolute atomic E-state index is 12.1. The zero-order valence-corrected chi connectivity index (χ0v) is 12.4. The lowest BCUT2D eigenvalue weighted by atomic mass is 10.2. The first-order valence-electron chi connectivity index (χ1n) is 5.42. The Morgan fingerprint density at radius 3 is 2.10 bits per heavy atom. The lowest BCUT2D eigenvalue weighted by molar-refractivity contribution is 0.106. The van der Waals surface area contributed by atoms with Gasteiger partial charge in [0.25, 0.3) is 6.43 Å². The molecule has 1 unspecified atom stereocenters. The fourth-order valence-corrected chi connectivity index (χ4v) is 2.11. The lowest BCUT2D eigenvalue weighted by Gasteiger charge is -2.06. The number of hydrogen-bond donors (Lipinski definition) is 1. The summed E-state index contributed by atoms with van der Waals surface area (Å²) in [7, 11) is -6.54. The SMILES string of the molecule is C=CS(=O)(=O)C=C.CCS(=O)(=O)C1=NNC(C(F)F)C1. The molecule has 1 N–H and O–H groups in total.